The van der Waals surface area contributed by atoms with Gasteiger partial charge in [-0.2, -0.15) is 10.5 Å². The lowest BCUT2D eigenvalue weighted by Gasteiger charge is -2.21. The molecule has 0 amide bonds. The van der Waals surface area contributed by atoms with Gasteiger partial charge in [0.2, 0.25) is 0 Å². The Labute approximate surface area is 114 Å². The van der Waals surface area contributed by atoms with Crippen molar-refractivity contribution in [1.82, 2.24) is 4.90 Å². The van der Waals surface area contributed by atoms with E-state index in [0.29, 0.717) is 23.2 Å². The zero-order valence-corrected chi connectivity index (χ0v) is 11.3. The van der Waals surface area contributed by atoms with Crippen molar-refractivity contribution in [2.24, 2.45) is 0 Å². The first kappa shape index (κ1) is 13.4. The van der Waals surface area contributed by atoms with E-state index in [2.05, 4.69) is 30.1 Å². The molecule has 1 unspecified atom stereocenters. The largest absolute Gasteiger partial charge is 0.381 e. The van der Waals surface area contributed by atoms with Crippen LogP contribution in [0.2, 0.25) is 0 Å². The molecule has 0 bridgehead atoms. The first-order chi connectivity index (χ1) is 9.13. The SMILES string of the molecule is CC(C)N1CCC(Nc2ccc(C#N)c(C#N)c2)C1. The molecule has 19 heavy (non-hydrogen) atoms. The standard InChI is InChI=1S/C15H18N4/c1-11(2)19-6-5-15(10-19)18-14-4-3-12(8-16)13(7-14)9-17/h3-4,7,11,15,18H,5-6,10H2,1-2H3. The molecule has 4 nitrogen and oxygen atoms in total. The molecular weight excluding hydrogens is 236 g/mol. The number of nitrogens with one attached hydrogen (secondary N) is 1. The third-order valence-corrected chi connectivity index (χ3v) is 3.58. The van der Waals surface area contributed by atoms with Crippen molar-refractivity contribution in [3.8, 4) is 12.1 Å². The lowest BCUT2D eigenvalue weighted by atomic mass is 10.1. The van der Waals surface area contributed by atoms with Crippen LogP contribution in [0.3, 0.4) is 0 Å². The van der Waals surface area contributed by atoms with E-state index in [1.807, 2.05) is 12.1 Å². The van der Waals surface area contributed by atoms with E-state index in [-0.39, 0.29) is 0 Å². The van der Waals surface area contributed by atoms with Crippen molar-refractivity contribution in [2.75, 3.05) is 18.4 Å². The molecule has 0 spiro atoms. The van der Waals surface area contributed by atoms with E-state index < -0.39 is 0 Å². The molecule has 2 rings (SSSR count). The van der Waals surface area contributed by atoms with E-state index in [0.717, 1.165) is 25.2 Å². The molecule has 1 aliphatic rings. The number of benzene rings is 1. The molecule has 0 aliphatic carbocycles. The predicted molar refractivity (Wildman–Crippen MR) is 74.6 cm³/mol. The highest BCUT2D eigenvalue weighted by Crippen LogP contribution is 2.20. The van der Waals surface area contributed by atoms with Gasteiger partial charge in [-0.3, -0.25) is 4.90 Å². The minimum Gasteiger partial charge on any atom is -0.381 e. The van der Waals surface area contributed by atoms with Gasteiger partial charge in [0.15, 0.2) is 0 Å². The number of hydrogen-bond acceptors (Lipinski definition) is 4. The van der Waals surface area contributed by atoms with Crippen LogP contribution in [0.25, 0.3) is 0 Å². The minimum atomic E-state index is 0.418. The maximum Gasteiger partial charge on any atom is 0.101 e. The molecule has 0 aromatic heterocycles. The highest BCUT2D eigenvalue weighted by molar-refractivity contribution is 5.56. The van der Waals surface area contributed by atoms with Crippen molar-refractivity contribution < 1.29 is 0 Å². The van der Waals surface area contributed by atoms with Crippen LogP contribution in [0.5, 0.6) is 0 Å². The molecule has 4 heteroatoms. The van der Waals surface area contributed by atoms with Gasteiger partial charge in [0.05, 0.1) is 11.1 Å². The summed E-state index contributed by atoms with van der Waals surface area (Å²) in [5, 5.41) is 21.4. The quantitative estimate of drug-likeness (QED) is 0.899. The topological polar surface area (TPSA) is 62.9 Å². The Morgan fingerprint density at radius 2 is 2.00 bits per heavy atom. The second-order valence-corrected chi connectivity index (χ2v) is 5.20. The highest BCUT2D eigenvalue weighted by atomic mass is 15.2. The third kappa shape index (κ3) is 3.05. The maximum atomic E-state index is 9.01. The molecule has 1 aromatic carbocycles. The minimum absolute atomic E-state index is 0.418. The van der Waals surface area contributed by atoms with Crippen molar-refractivity contribution in [3.63, 3.8) is 0 Å². The fraction of sp³-hybridized carbons (Fsp3) is 0.467. The summed E-state index contributed by atoms with van der Waals surface area (Å²) in [4.78, 5) is 2.44. The molecule has 98 valence electrons. The highest BCUT2D eigenvalue weighted by Gasteiger charge is 2.23. The second kappa shape index (κ2) is 5.73. The van der Waals surface area contributed by atoms with Gasteiger partial charge in [-0.05, 0) is 38.5 Å². The molecule has 1 aliphatic heterocycles. The predicted octanol–water partition coefficient (Wildman–Crippen LogP) is 2.32. The van der Waals surface area contributed by atoms with Crippen LogP contribution < -0.4 is 5.32 Å². The number of anilines is 1. The third-order valence-electron chi connectivity index (χ3n) is 3.58. The Hall–Kier alpha value is -2.04. The van der Waals surface area contributed by atoms with Gasteiger partial charge in [0.25, 0.3) is 0 Å². The van der Waals surface area contributed by atoms with Gasteiger partial charge < -0.3 is 5.32 Å². The van der Waals surface area contributed by atoms with E-state index in [1.165, 1.54) is 0 Å². The Kier molecular flexibility index (Phi) is 4.04. The number of hydrogen-bond donors (Lipinski definition) is 1. The molecule has 1 fully saturated rings. The van der Waals surface area contributed by atoms with Crippen LogP contribution in [0.4, 0.5) is 5.69 Å². The fourth-order valence-electron chi connectivity index (χ4n) is 2.43. The molecule has 1 N–H and O–H groups in total. The van der Waals surface area contributed by atoms with Gasteiger partial charge in [-0.25, -0.2) is 0 Å². The molecule has 0 radical (unpaired) electrons. The Morgan fingerprint density at radius 3 is 2.58 bits per heavy atom. The van der Waals surface area contributed by atoms with Gasteiger partial charge in [-0.1, -0.05) is 0 Å². The molecule has 0 saturated carbocycles. The molecule has 1 aromatic rings. The molecule has 1 saturated heterocycles. The summed E-state index contributed by atoms with van der Waals surface area (Å²) >= 11 is 0. The number of nitrogens with zero attached hydrogens (tertiary/aromatic N) is 3. The summed E-state index contributed by atoms with van der Waals surface area (Å²) < 4.78 is 0. The summed E-state index contributed by atoms with van der Waals surface area (Å²) in [6, 6.07) is 10.4. The van der Waals surface area contributed by atoms with Gasteiger partial charge in [0, 0.05) is 30.9 Å². The van der Waals surface area contributed by atoms with E-state index >= 15 is 0 Å². The Morgan fingerprint density at radius 1 is 1.26 bits per heavy atom. The first-order valence-electron chi connectivity index (χ1n) is 6.59. The monoisotopic (exact) mass is 254 g/mol. The molecule has 1 atom stereocenters. The second-order valence-electron chi connectivity index (χ2n) is 5.20. The van der Waals surface area contributed by atoms with E-state index in [4.69, 9.17) is 10.5 Å². The van der Waals surface area contributed by atoms with Crippen molar-refractivity contribution in [1.29, 1.82) is 10.5 Å². The van der Waals surface area contributed by atoms with E-state index in [9.17, 15) is 0 Å². The average molecular weight is 254 g/mol. The van der Waals surface area contributed by atoms with Crippen LogP contribution in [-0.4, -0.2) is 30.1 Å². The fourth-order valence-corrected chi connectivity index (χ4v) is 2.43. The van der Waals surface area contributed by atoms with Gasteiger partial charge >= 0.3 is 0 Å². The molecule has 1 heterocycles. The first-order valence-corrected chi connectivity index (χ1v) is 6.59. The van der Waals surface area contributed by atoms with Crippen molar-refractivity contribution in [3.05, 3.63) is 29.3 Å². The van der Waals surface area contributed by atoms with Crippen molar-refractivity contribution >= 4 is 5.69 Å². The average Bonchev–Trinajstić information content (AvgIpc) is 2.87. The van der Waals surface area contributed by atoms with Crippen LogP contribution in [0, 0.1) is 22.7 Å². The summed E-state index contributed by atoms with van der Waals surface area (Å²) in [6.45, 7) is 6.55. The lowest BCUT2D eigenvalue weighted by Crippen LogP contribution is -2.31. The zero-order valence-electron chi connectivity index (χ0n) is 11.3. The normalized spacial score (nSPS) is 19.1. The summed E-state index contributed by atoms with van der Waals surface area (Å²) in [6.07, 6.45) is 1.11. The number of rotatable bonds is 3. The number of likely N-dealkylation sites (tertiary alicyclic amines) is 1. The smallest absolute Gasteiger partial charge is 0.101 e. The van der Waals surface area contributed by atoms with Crippen LogP contribution in [-0.2, 0) is 0 Å². The zero-order chi connectivity index (χ0) is 13.8. The maximum absolute atomic E-state index is 9.01. The summed E-state index contributed by atoms with van der Waals surface area (Å²) in [5.41, 5.74) is 1.79. The van der Waals surface area contributed by atoms with Crippen molar-refractivity contribution in [2.45, 2.75) is 32.4 Å². The number of nitriles is 2. The Balaban J connectivity index is 2.05. The summed E-state index contributed by atoms with van der Waals surface area (Å²) in [7, 11) is 0. The lowest BCUT2D eigenvalue weighted by molar-refractivity contribution is 0.274. The van der Waals surface area contributed by atoms with Crippen LogP contribution in [0.15, 0.2) is 18.2 Å². The van der Waals surface area contributed by atoms with E-state index in [1.54, 1.807) is 12.1 Å². The van der Waals surface area contributed by atoms with Crippen LogP contribution in [0.1, 0.15) is 31.4 Å². The van der Waals surface area contributed by atoms with Crippen LogP contribution >= 0.6 is 0 Å². The van der Waals surface area contributed by atoms with Gasteiger partial charge in [0.1, 0.15) is 12.1 Å². The summed E-state index contributed by atoms with van der Waals surface area (Å²) in [5.74, 6) is 0. The van der Waals surface area contributed by atoms with Gasteiger partial charge in [-0.15, -0.1) is 0 Å². The Bertz CT molecular complexity index is 536. The molecular formula is C15H18N4.